The topological polar surface area (TPSA) is 26.0 Å². The van der Waals surface area contributed by atoms with Crippen molar-refractivity contribution in [3.63, 3.8) is 0 Å². The Morgan fingerprint density at radius 3 is 2.64 bits per heavy atom. The van der Waals surface area contributed by atoms with Crippen LogP contribution >= 0.6 is 15.9 Å². The summed E-state index contributed by atoms with van der Waals surface area (Å²) in [6, 6.07) is 10.6. The summed E-state index contributed by atoms with van der Waals surface area (Å²) >= 11 is 3.47. The van der Waals surface area contributed by atoms with E-state index >= 15 is 0 Å². The first-order valence-electron chi connectivity index (χ1n) is 4.59. The maximum absolute atomic E-state index is 5.66. The third-order valence-electron chi connectivity index (χ3n) is 2.48. The first kappa shape index (κ1) is 9.69. The van der Waals surface area contributed by atoms with Gasteiger partial charge in [-0.3, -0.25) is 0 Å². The van der Waals surface area contributed by atoms with E-state index in [0.717, 1.165) is 4.47 Å². The Morgan fingerprint density at radius 1 is 1.14 bits per heavy atom. The predicted molar refractivity (Wildman–Crippen MR) is 64.3 cm³/mol. The molecule has 14 heavy (non-hydrogen) atoms. The minimum Gasteiger partial charge on any atom is -0.326 e. The largest absolute Gasteiger partial charge is 0.326 e. The summed E-state index contributed by atoms with van der Waals surface area (Å²) in [5.41, 5.74) is 8.15. The maximum Gasteiger partial charge on any atom is 0.0181 e. The third-order valence-corrected chi connectivity index (χ3v) is 2.97. The molecule has 0 atom stereocenters. The Labute approximate surface area is 92.1 Å². The molecule has 0 aliphatic rings. The molecular formula is C12H12BrN. The standard InChI is InChI=1S/C12H12BrN/c1-8-4-10-6-12(13)3-2-9(10)5-11(8)7-14/h2-6H,7,14H2,1H3. The highest BCUT2D eigenvalue weighted by molar-refractivity contribution is 9.10. The molecule has 0 saturated heterocycles. The van der Waals surface area contributed by atoms with Gasteiger partial charge in [0, 0.05) is 11.0 Å². The fourth-order valence-corrected chi connectivity index (χ4v) is 2.03. The molecule has 1 nitrogen and oxygen atoms in total. The smallest absolute Gasteiger partial charge is 0.0181 e. The Kier molecular flexibility index (Phi) is 2.57. The summed E-state index contributed by atoms with van der Waals surface area (Å²) in [5.74, 6) is 0. The first-order chi connectivity index (χ1) is 6.70. The van der Waals surface area contributed by atoms with Crippen molar-refractivity contribution in [3.8, 4) is 0 Å². The molecule has 0 fully saturated rings. The van der Waals surface area contributed by atoms with Crippen LogP contribution in [-0.2, 0) is 6.54 Å². The highest BCUT2D eigenvalue weighted by atomic mass is 79.9. The van der Waals surface area contributed by atoms with Gasteiger partial charge in [0.05, 0.1) is 0 Å². The molecule has 2 rings (SSSR count). The lowest BCUT2D eigenvalue weighted by Crippen LogP contribution is -1.98. The lowest BCUT2D eigenvalue weighted by atomic mass is 10.0. The van der Waals surface area contributed by atoms with Gasteiger partial charge in [0.2, 0.25) is 0 Å². The molecule has 72 valence electrons. The maximum atomic E-state index is 5.66. The van der Waals surface area contributed by atoms with E-state index in [4.69, 9.17) is 5.73 Å². The molecule has 0 amide bonds. The Balaban J connectivity index is 2.73. The van der Waals surface area contributed by atoms with Gasteiger partial charge < -0.3 is 5.73 Å². The van der Waals surface area contributed by atoms with Gasteiger partial charge in [-0.15, -0.1) is 0 Å². The fourth-order valence-electron chi connectivity index (χ4n) is 1.65. The fraction of sp³-hybridized carbons (Fsp3) is 0.167. The number of benzene rings is 2. The first-order valence-corrected chi connectivity index (χ1v) is 5.39. The van der Waals surface area contributed by atoms with Crippen LogP contribution in [0, 0.1) is 6.92 Å². The monoisotopic (exact) mass is 249 g/mol. The van der Waals surface area contributed by atoms with Crippen LogP contribution in [-0.4, -0.2) is 0 Å². The molecule has 2 aromatic rings. The predicted octanol–water partition coefficient (Wildman–Crippen LogP) is 3.37. The van der Waals surface area contributed by atoms with E-state index in [0.29, 0.717) is 6.54 Å². The molecule has 0 aliphatic heterocycles. The van der Waals surface area contributed by atoms with Gasteiger partial charge in [-0.2, -0.15) is 0 Å². The van der Waals surface area contributed by atoms with Gasteiger partial charge >= 0.3 is 0 Å². The minimum atomic E-state index is 0.609. The second-order valence-electron chi connectivity index (χ2n) is 3.47. The van der Waals surface area contributed by atoms with E-state index in [9.17, 15) is 0 Å². The van der Waals surface area contributed by atoms with Crippen LogP contribution in [0.15, 0.2) is 34.8 Å². The molecule has 2 aromatic carbocycles. The molecule has 2 heteroatoms. The highest BCUT2D eigenvalue weighted by Gasteiger charge is 2.00. The molecular weight excluding hydrogens is 238 g/mol. The summed E-state index contributed by atoms with van der Waals surface area (Å²) in [4.78, 5) is 0. The Hall–Kier alpha value is -0.860. The Morgan fingerprint density at radius 2 is 1.93 bits per heavy atom. The highest BCUT2D eigenvalue weighted by Crippen LogP contribution is 2.23. The number of hydrogen-bond donors (Lipinski definition) is 1. The number of rotatable bonds is 1. The molecule has 0 aliphatic carbocycles. The number of nitrogens with two attached hydrogens (primary N) is 1. The quantitative estimate of drug-likeness (QED) is 0.825. The van der Waals surface area contributed by atoms with Crippen molar-refractivity contribution in [2.45, 2.75) is 13.5 Å². The Bertz CT molecular complexity index is 477. The van der Waals surface area contributed by atoms with Crippen molar-refractivity contribution in [2.24, 2.45) is 5.73 Å². The number of halogens is 1. The molecule has 0 spiro atoms. The summed E-state index contributed by atoms with van der Waals surface area (Å²) in [6.45, 7) is 2.71. The van der Waals surface area contributed by atoms with Crippen molar-refractivity contribution >= 4 is 26.7 Å². The number of fused-ring (bicyclic) bond motifs is 1. The second-order valence-corrected chi connectivity index (χ2v) is 4.39. The zero-order valence-electron chi connectivity index (χ0n) is 8.05. The van der Waals surface area contributed by atoms with E-state index in [2.05, 4.69) is 53.2 Å². The van der Waals surface area contributed by atoms with Crippen LogP contribution in [0.25, 0.3) is 10.8 Å². The lowest BCUT2D eigenvalue weighted by Gasteiger charge is -2.06. The van der Waals surface area contributed by atoms with Crippen molar-refractivity contribution < 1.29 is 0 Å². The van der Waals surface area contributed by atoms with Crippen molar-refractivity contribution in [1.82, 2.24) is 0 Å². The van der Waals surface area contributed by atoms with E-state index < -0.39 is 0 Å². The summed E-state index contributed by atoms with van der Waals surface area (Å²) < 4.78 is 1.12. The molecule has 0 radical (unpaired) electrons. The molecule has 0 aromatic heterocycles. The minimum absolute atomic E-state index is 0.609. The molecule has 0 heterocycles. The van der Waals surface area contributed by atoms with Crippen LogP contribution in [0.4, 0.5) is 0 Å². The van der Waals surface area contributed by atoms with Crippen LogP contribution < -0.4 is 5.73 Å². The van der Waals surface area contributed by atoms with Crippen LogP contribution in [0.1, 0.15) is 11.1 Å². The average Bonchev–Trinajstić information content (AvgIpc) is 2.16. The van der Waals surface area contributed by atoms with Gasteiger partial charge in [-0.05, 0) is 47.0 Å². The molecule has 0 unspecified atom stereocenters. The van der Waals surface area contributed by atoms with E-state index in [1.807, 2.05) is 0 Å². The summed E-state index contributed by atoms with van der Waals surface area (Å²) in [5, 5.41) is 2.51. The van der Waals surface area contributed by atoms with E-state index in [1.54, 1.807) is 0 Å². The van der Waals surface area contributed by atoms with Gasteiger partial charge in [-0.1, -0.05) is 28.1 Å². The van der Waals surface area contributed by atoms with E-state index in [-0.39, 0.29) is 0 Å². The normalized spacial score (nSPS) is 10.8. The van der Waals surface area contributed by atoms with Crippen molar-refractivity contribution in [3.05, 3.63) is 45.9 Å². The molecule has 0 bridgehead atoms. The SMILES string of the molecule is Cc1cc2cc(Br)ccc2cc1CN. The average molecular weight is 250 g/mol. The van der Waals surface area contributed by atoms with Crippen molar-refractivity contribution in [1.29, 1.82) is 0 Å². The second kappa shape index (κ2) is 3.71. The summed E-state index contributed by atoms with van der Waals surface area (Å²) in [7, 11) is 0. The van der Waals surface area contributed by atoms with Gasteiger partial charge in [-0.25, -0.2) is 0 Å². The molecule has 2 N–H and O–H groups in total. The van der Waals surface area contributed by atoms with Crippen LogP contribution in [0.3, 0.4) is 0 Å². The van der Waals surface area contributed by atoms with Crippen LogP contribution in [0.2, 0.25) is 0 Å². The zero-order chi connectivity index (χ0) is 10.1. The lowest BCUT2D eigenvalue weighted by molar-refractivity contribution is 1.05. The molecule has 0 saturated carbocycles. The van der Waals surface area contributed by atoms with Crippen molar-refractivity contribution in [2.75, 3.05) is 0 Å². The third kappa shape index (κ3) is 1.68. The van der Waals surface area contributed by atoms with Gasteiger partial charge in [0.15, 0.2) is 0 Å². The number of hydrogen-bond acceptors (Lipinski definition) is 1. The zero-order valence-corrected chi connectivity index (χ0v) is 9.64. The van der Waals surface area contributed by atoms with Gasteiger partial charge in [0.1, 0.15) is 0 Å². The number of aryl methyl sites for hydroxylation is 1. The van der Waals surface area contributed by atoms with E-state index in [1.165, 1.54) is 21.9 Å². The summed E-state index contributed by atoms with van der Waals surface area (Å²) in [6.07, 6.45) is 0. The van der Waals surface area contributed by atoms with Crippen LogP contribution in [0.5, 0.6) is 0 Å². The van der Waals surface area contributed by atoms with Gasteiger partial charge in [0.25, 0.3) is 0 Å².